The summed E-state index contributed by atoms with van der Waals surface area (Å²) >= 11 is 0. The van der Waals surface area contributed by atoms with Gasteiger partial charge in [-0.15, -0.1) is 0 Å². The summed E-state index contributed by atoms with van der Waals surface area (Å²) in [5.74, 6) is 1.75. The van der Waals surface area contributed by atoms with Crippen LogP contribution in [-0.4, -0.2) is 0 Å². The van der Waals surface area contributed by atoms with E-state index in [1.165, 1.54) is 71.3 Å². The van der Waals surface area contributed by atoms with Crippen LogP contribution in [0, 0.1) is 0 Å². The molecule has 0 atom stereocenters. The molecule has 1 heterocycles. The van der Waals surface area contributed by atoms with E-state index in [2.05, 4.69) is 194 Å². The summed E-state index contributed by atoms with van der Waals surface area (Å²) in [7, 11) is 0. The van der Waals surface area contributed by atoms with Gasteiger partial charge in [0.15, 0.2) is 0 Å². The number of hydrogen-bond donors (Lipinski definition) is 1. The maximum Gasteiger partial charge on any atom is 0.132 e. The summed E-state index contributed by atoms with van der Waals surface area (Å²) < 4.78 is 6.59. The third kappa shape index (κ3) is 4.41. The van der Waals surface area contributed by atoms with Crippen LogP contribution in [0.3, 0.4) is 0 Å². The smallest absolute Gasteiger partial charge is 0.132 e. The molecule has 1 aliphatic heterocycles. The second-order valence-corrected chi connectivity index (χ2v) is 15.3. The Balaban J connectivity index is 1.16. The lowest BCUT2D eigenvalue weighted by atomic mass is 9.66. The van der Waals surface area contributed by atoms with E-state index in [1.807, 2.05) is 6.07 Å². The molecule has 10 aromatic rings. The third-order valence-electron chi connectivity index (χ3n) is 12.5. The lowest BCUT2D eigenvalue weighted by molar-refractivity contribution is 0.436. The van der Waals surface area contributed by atoms with Crippen LogP contribution in [0.2, 0.25) is 0 Å². The number of hydrogen-bond acceptors (Lipinski definition) is 2. The first kappa shape index (κ1) is 31.9. The quantitative estimate of drug-likeness (QED) is 0.145. The second kappa shape index (κ2) is 12.0. The van der Waals surface area contributed by atoms with Gasteiger partial charge in [0.05, 0.1) is 5.41 Å². The Morgan fingerprint density at radius 1 is 0.333 bits per heavy atom. The fraction of sp³-hybridized carbons (Fsp3) is 0.0182. The average Bonchev–Trinajstić information content (AvgIpc) is 3.56. The van der Waals surface area contributed by atoms with Crippen LogP contribution in [0.25, 0.3) is 76.8 Å². The van der Waals surface area contributed by atoms with E-state index >= 15 is 0 Å². The minimum atomic E-state index is -0.581. The number of benzene rings is 10. The summed E-state index contributed by atoms with van der Waals surface area (Å²) in [5.41, 5.74) is 21.5. The molecule has 2 aliphatic rings. The number of anilines is 1. The van der Waals surface area contributed by atoms with Crippen molar-refractivity contribution in [1.29, 1.82) is 0 Å². The highest BCUT2D eigenvalue weighted by atomic mass is 16.5. The van der Waals surface area contributed by atoms with E-state index in [9.17, 15) is 0 Å². The minimum absolute atomic E-state index is 0.581. The average molecular weight is 726 g/mol. The zero-order chi connectivity index (χ0) is 37.7. The van der Waals surface area contributed by atoms with Crippen LogP contribution in [-0.2, 0) is 5.41 Å². The molecule has 0 saturated carbocycles. The van der Waals surface area contributed by atoms with Crippen molar-refractivity contribution >= 4 is 38.0 Å². The third-order valence-corrected chi connectivity index (χ3v) is 12.5. The molecule has 0 bridgehead atoms. The molecule has 266 valence electrons. The Morgan fingerprint density at radius 2 is 0.877 bits per heavy atom. The van der Waals surface area contributed by atoms with Gasteiger partial charge in [-0.25, -0.2) is 0 Å². The Hall–Kier alpha value is -7.42. The van der Waals surface area contributed by atoms with Crippen LogP contribution in [0.15, 0.2) is 200 Å². The number of nitrogen functional groups attached to an aromatic ring is 1. The molecule has 0 amide bonds. The molecule has 2 N–H and O–H groups in total. The number of rotatable bonds is 3. The molecule has 12 rings (SSSR count). The van der Waals surface area contributed by atoms with Gasteiger partial charge in [0, 0.05) is 22.4 Å². The van der Waals surface area contributed by atoms with E-state index in [1.54, 1.807) is 0 Å². The van der Waals surface area contributed by atoms with Crippen molar-refractivity contribution in [3.63, 3.8) is 0 Å². The van der Waals surface area contributed by atoms with Crippen molar-refractivity contribution in [3.05, 3.63) is 222 Å². The van der Waals surface area contributed by atoms with Gasteiger partial charge in [-0.3, -0.25) is 0 Å². The van der Waals surface area contributed by atoms with Crippen LogP contribution >= 0.6 is 0 Å². The first-order chi connectivity index (χ1) is 28.2. The van der Waals surface area contributed by atoms with Crippen LogP contribution in [0.4, 0.5) is 5.69 Å². The molecule has 0 aromatic heterocycles. The molecule has 2 nitrogen and oxygen atoms in total. The van der Waals surface area contributed by atoms with E-state index in [0.29, 0.717) is 0 Å². The van der Waals surface area contributed by atoms with E-state index < -0.39 is 5.41 Å². The summed E-state index contributed by atoms with van der Waals surface area (Å²) in [4.78, 5) is 0. The van der Waals surface area contributed by atoms with E-state index in [0.717, 1.165) is 45.0 Å². The van der Waals surface area contributed by atoms with Gasteiger partial charge in [-0.1, -0.05) is 164 Å². The predicted molar refractivity (Wildman–Crippen MR) is 237 cm³/mol. The second-order valence-electron chi connectivity index (χ2n) is 15.3. The maximum atomic E-state index is 7.04. The van der Waals surface area contributed by atoms with Gasteiger partial charge in [-0.05, 0) is 119 Å². The van der Waals surface area contributed by atoms with Crippen molar-refractivity contribution < 1.29 is 4.74 Å². The summed E-state index contributed by atoms with van der Waals surface area (Å²) in [6.45, 7) is 0. The van der Waals surface area contributed by atoms with Crippen molar-refractivity contribution in [2.75, 3.05) is 5.73 Å². The molecule has 2 heteroatoms. The first-order valence-electron chi connectivity index (χ1n) is 19.6. The van der Waals surface area contributed by atoms with E-state index in [4.69, 9.17) is 10.5 Å². The molecule has 1 aliphatic carbocycles. The summed E-state index contributed by atoms with van der Waals surface area (Å²) in [6, 6.07) is 72.6. The lowest BCUT2D eigenvalue weighted by Gasteiger charge is -2.39. The highest BCUT2D eigenvalue weighted by Crippen LogP contribution is 2.63. The Bertz CT molecular complexity index is 3180. The van der Waals surface area contributed by atoms with Gasteiger partial charge in [0.2, 0.25) is 0 Å². The zero-order valence-electron chi connectivity index (χ0n) is 31.0. The molecule has 0 radical (unpaired) electrons. The van der Waals surface area contributed by atoms with Gasteiger partial charge >= 0.3 is 0 Å². The highest BCUT2D eigenvalue weighted by Gasteiger charge is 2.51. The molecule has 0 saturated heterocycles. The predicted octanol–water partition coefficient (Wildman–Crippen LogP) is 14.2. The molecule has 10 aromatic carbocycles. The molecule has 57 heavy (non-hydrogen) atoms. The van der Waals surface area contributed by atoms with Crippen molar-refractivity contribution in [3.8, 4) is 56.0 Å². The van der Waals surface area contributed by atoms with Gasteiger partial charge < -0.3 is 10.5 Å². The Labute approximate surface area is 331 Å². The fourth-order valence-corrected chi connectivity index (χ4v) is 10.2. The van der Waals surface area contributed by atoms with Crippen molar-refractivity contribution in [2.24, 2.45) is 0 Å². The number of nitrogens with two attached hydrogens (primary N) is 1. The topological polar surface area (TPSA) is 35.2 Å². The van der Waals surface area contributed by atoms with E-state index in [-0.39, 0.29) is 0 Å². The minimum Gasteiger partial charge on any atom is -0.457 e. The lowest BCUT2D eigenvalue weighted by Crippen LogP contribution is -2.32. The van der Waals surface area contributed by atoms with Gasteiger partial charge in [0.25, 0.3) is 0 Å². The number of fused-ring (bicyclic) bond motifs is 12. The fourth-order valence-electron chi connectivity index (χ4n) is 10.2. The van der Waals surface area contributed by atoms with Crippen molar-refractivity contribution in [2.45, 2.75) is 5.41 Å². The number of para-hydroxylation sites is 2. The molecule has 1 spiro atoms. The molecular formula is C55H35NO. The zero-order valence-corrected chi connectivity index (χ0v) is 31.0. The van der Waals surface area contributed by atoms with Crippen LogP contribution < -0.4 is 10.5 Å². The summed E-state index contributed by atoms with van der Waals surface area (Å²) in [6.07, 6.45) is 0. The van der Waals surface area contributed by atoms with Crippen LogP contribution in [0.1, 0.15) is 22.3 Å². The number of ether oxygens (including phenoxy) is 1. The highest BCUT2D eigenvalue weighted by molar-refractivity contribution is 6.24. The van der Waals surface area contributed by atoms with Crippen LogP contribution in [0.5, 0.6) is 11.5 Å². The molecule has 0 fully saturated rings. The Kier molecular flexibility index (Phi) is 6.73. The summed E-state index contributed by atoms with van der Waals surface area (Å²) in [5, 5.41) is 7.36. The SMILES string of the molecule is Nc1cccc2c1-c1cc(-c3c4ccccc4c(-c4cc(-c5ccccc5)cc5ccccc45)c4ccccc34)ccc1C21c2ccccc2Oc2ccccc21. The first-order valence-corrected chi connectivity index (χ1v) is 19.6. The standard InChI is InChI=1S/C55H35NO/c56-49-26-14-25-48-54(49)44-32-36(29-30-45(44)55(48)46-23-10-12-27-50(46)57-51-28-13-11-24-47(51)55)52-39-19-6-8-21-41(39)53(42-22-9-7-20-40(42)52)43-33-37(34-15-2-1-3-16-34)31-35-17-4-5-18-38(35)43/h1-33H,56H2. The van der Waals surface area contributed by atoms with Crippen molar-refractivity contribution in [1.82, 2.24) is 0 Å². The maximum absolute atomic E-state index is 7.04. The monoisotopic (exact) mass is 725 g/mol. The normalized spacial score (nSPS) is 13.3. The van der Waals surface area contributed by atoms with Gasteiger partial charge in [0.1, 0.15) is 11.5 Å². The Morgan fingerprint density at radius 3 is 1.56 bits per heavy atom. The molecule has 0 unspecified atom stereocenters. The largest absolute Gasteiger partial charge is 0.457 e. The molecular weight excluding hydrogens is 691 g/mol. The van der Waals surface area contributed by atoms with Gasteiger partial charge in [-0.2, -0.15) is 0 Å².